The van der Waals surface area contributed by atoms with Gasteiger partial charge in [-0.2, -0.15) is 5.10 Å². The molecule has 0 radical (unpaired) electrons. The van der Waals surface area contributed by atoms with Gasteiger partial charge in [-0.25, -0.2) is 4.39 Å². The standard InChI is InChI=1S/C20H18ClFN4S/c1-14-4-9-17(11-19(14)21)24-20(27)25-23-12-18-3-2-10-26(18)13-15-5-7-16(22)8-6-15/h2-12H,13H2,1H3,(H2,24,25,27). The van der Waals surface area contributed by atoms with Crippen LogP contribution in [-0.4, -0.2) is 15.9 Å². The summed E-state index contributed by atoms with van der Waals surface area (Å²) in [6.45, 7) is 2.56. The number of hydrazone groups is 1. The van der Waals surface area contributed by atoms with E-state index in [1.807, 2.05) is 48.0 Å². The molecule has 0 unspecified atom stereocenters. The van der Waals surface area contributed by atoms with Crippen LogP contribution in [0.5, 0.6) is 0 Å². The van der Waals surface area contributed by atoms with Crippen LogP contribution in [0.25, 0.3) is 0 Å². The molecule has 7 heteroatoms. The summed E-state index contributed by atoms with van der Waals surface area (Å²) in [5, 5.41) is 8.24. The van der Waals surface area contributed by atoms with Gasteiger partial charge in [0.05, 0.1) is 11.9 Å². The maximum atomic E-state index is 13.0. The van der Waals surface area contributed by atoms with Crippen molar-refractivity contribution < 1.29 is 4.39 Å². The number of thiocarbonyl (C=S) groups is 1. The van der Waals surface area contributed by atoms with Crippen molar-refractivity contribution in [1.29, 1.82) is 0 Å². The van der Waals surface area contributed by atoms with Gasteiger partial charge in [0.15, 0.2) is 5.11 Å². The lowest BCUT2D eigenvalue weighted by molar-refractivity contribution is 0.626. The normalized spacial score (nSPS) is 10.9. The van der Waals surface area contributed by atoms with Gasteiger partial charge in [-0.3, -0.25) is 5.43 Å². The van der Waals surface area contributed by atoms with Gasteiger partial charge in [0.2, 0.25) is 0 Å². The van der Waals surface area contributed by atoms with Crippen molar-refractivity contribution >= 4 is 40.8 Å². The Morgan fingerprint density at radius 2 is 2.00 bits per heavy atom. The number of anilines is 1. The monoisotopic (exact) mass is 400 g/mol. The molecule has 0 saturated heterocycles. The largest absolute Gasteiger partial charge is 0.342 e. The molecule has 27 heavy (non-hydrogen) atoms. The van der Waals surface area contributed by atoms with Gasteiger partial charge in [-0.05, 0) is 66.7 Å². The quantitative estimate of drug-likeness (QED) is 0.361. The average molecular weight is 401 g/mol. The maximum absolute atomic E-state index is 13.0. The lowest BCUT2D eigenvalue weighted by atomic mass is 10.2. The molecule has 1 aromatic heterocycles. The number of rotatable bonds is 5. The second kappa shape index (κ2) is 8.79. The zero-order valence-corrected chi connectivity index (χ0v) is 16.2. The molecule has 0 aliphatic rings. The van der Waals surface area contributed by atoms with Crippen LogP contribution < -0.4 is 10.7 Å². The van der Waals surface area contributed by atoms with Crippen LogP contribution in [0.15, 0.2) is 65.9 Å². The van der Waals surface area contributed by atoms with Crippen molar-refractivity contribution in [2.45, 2.75) is 13.5 Å². The first kappa shape index (κ1) is 19.1. The van der Waals surface area contributed by atoms with Crippen molar-refractivity contribution in [3.63, 3.8) is 0 Å². The molecular weight excluding hydrogens is 383 g/mol. The van der Waals surface area contributed by atoms with E-state index < -0.39 is 0 Å². The average Bonchev–Trinajstić information content (AvgIpc) is 3.07. The Balaban J connectivity index is 1.58. The maximum Gasteiger partial charge on any atom is 0.191 e. The Bertz CT molecular complexity index is 966. The molecule has 0 spiro atoms. The Morgan fingerprint density at radius 1 is 1.22 bits per heavy atom. The molecule has 3 rings (SSSR count). The van der Waals surface area contributed by atoms with Gasteiger partial charge in [-0.15, -0.1) is 0 Å². The van der Waals surface area contributed by atoms with Crippen LogP contribution in [0, 0.1) is 12.7 Å². The summed E-state index contributed by atoms with van der Waals surface area (Å²) < 4.78 is 15.0. The summed E-state index contributed by atoms with van der Waals surface area (Å²) in [5.41, 5.74) is 6.48. The Labute approximate surface area is 167 Å². The van der Waals surface area contributed by atoms with Crippen LogP contribution in [0.1, 0.15) is 16.8 Å². The molecule has 1 heterocycles. The van der Waals surface area contributed by atoms with E-state index in [9.17, 15) is 4.39 Å². The third-order valence-electron chi connectivity index (χ3n) is 3.92. The lowest BCUT2D eigenvalue weighted by Gasteiger charge is -2.09. The molecular formula is C20H18ClFN4S. The Kier molecular flexibility index (Phi) is 6.21. The molecule has 3 aromatic rings. The van der Waals surface area contributed by atoms with Crippen LogP contribution in [0.4, 0.5) is 10.1 Å². The number of halogens is 2. The molecule has 2 N–H and O–H groups in total. The molecule has 0 fully saturated rings. The zero-order chi connectivity index (χ0) is 19.2. The van der Waals surface area contributed by atoms with Crippen molar-refractivity contribution in [2.24, 2.45) is 5.10 Å². The molecule has 0 aliphatic carbocycles. The number of hydrogen-bond acceptors (Lipinski definition) is 2. The van der Waals surface area contributed by atoms with Gasteiger partial charge in [0.25, 0.3) is 0 Å². The number of aromatic nitrogens is 1. The minimum atomic E-state index is -0.242. The minimum absolute atomic E-state index is 0.242. The number of benzene rings is 2. The third kappa shape index (κ3) is 5.39. The first-order valence-electron chi connectivity index (χ1n) is 8.27. The van der Waals surface area contributed by atoms with Gasteiger partial charge in [0.1, 0.15) is 5.82 Å². The van der Waals surface area contributed by atoms with Crippen molar-refractivity contribution in [3.8, 4) is 0 Å². The summed E-state index contributed by atoms with van der Waals surface area (Å²) in [7, 11) is 0. The molecule has 0 atom stereocenters. The third-order valence-corrected chi connectivity index (χ3v) is 4.52. The topological polar surface area (TPSA) is 41.4 Å². The molecule has 2 aromatic carbocycles. The first-order valence-corrected chi connectivity index (χ1v) is 9.06. The van der Waals surface area contributed by atoms with Crippen molar-refractivity contribution in [1.82, 2.24) is 9.99 Å². The van der Waals surface area contributed by atoms with Crippen LogP contribution in [0.2, 0.25) is 5.02 Å². The predicted octanol–water partition coefficient (Wildman–Crippen LogP) is 4.96. The second-order valence-electron chi connectivity index (χ2n) is 5.98. The molecule has 138 valence electrons. The van der Waals surface area contributed by atoms with Crippen molar-refractivity contribution in [2.75, 3.05) is 5.32 Å². The predicted molar refractivity (Wildman–Crippen MR) is 113 cm³/mol. The van der Waals surface area contributed by atoms with E-state index in [4.69, 9.17) is 23.8 Å². The van der Waals surface area contributed by atoms with Gasteiger partial charge >= 0.3 is 0 Å². The highest BCUT2D eigenvalue weighted by atomic mass is 35.5. The van der Waals surface area contributed by atoms with Gasteiger partial charge in [0, 0.05) is 23.5 Å². The van der Waals surface area contributed by atoms with Crippen LogP contribution >= 0.6 is 23.8 Å². The van der Waals surface area contributed by atoms with E-state index in [2.05, 4.69) is 15.8 Å². The van der Waals surface area contributed by atoms with E-state index in [0.29, 0.717) is 16.7 Å². The summed E-state index contributed by atoms with van der Waals surface area (Å²) in [6, 6.07) is 15.9. The molecule has 0 bridgehead atoms. The number of hydrogen-bond donors (Lipinski definition) is 2. The second-order valence-corrected chi connectivity index (χ2v) is 6.79. The number of nitrogens with zero attached hydrogens (tertiary/aromatic N) is 2. The summed E-state index contributed by atoms with van der Waals surface area (Å²) in [4.78, 5) is 0. The summed E-state index contributed by atoms with van der Waals surface area (Å²) in [5.74, 6) is -0.242. The smallest absolute Gasteiger partial charge is 0.191 e. The van der Waals surface area contributed by atoms with Crippen molar-refractivity contribution in [3.05, 3.63) is 88.5 Å². The number of nitrogens with one attached hydrogen (secondary N) is 2. The highest BCUT2D eigenvalue weighted by Crippen LogP contribution is 2.19. The highest BCUT2D eigenvalue weighted by Gasteiger charge is 2.02. The van der Waals surface area contributed by atoms with Gasteiger partial charge < -0.3 is 9.88 Å². The fraction of sp³-hybridized carbons (Fsp3) is 0.100. The fourth-order valence-electron chi connectivity index (χ4n) is 2.46. The molecule has 0 saturated carbocycles. The first-order chi connectivity index (χ1) is 13.0. The molecule has 4 nitrogen and oxygen atoms in total. The van der Waals surface area contributed by atoms with Gasteiger partial charge in [-0.1, -0.05) is 29.8 Å². The summed E-state index contributed by atoms with van der Waals surface area (Å²) in [6.07, 6.45) is 3.62. The van der Waals surface area contributed by atoms with Crippen LogP contribution in [-0.2, 0) is 6.54 Å². The van der Waals surface area contributed by atoms with E-state index in [1.54, 1.807) is 18.3 Å². The summed E-state index contributed by atoms with van der Waals surface area (Å²) >= 11 is 11.3. The minimum Gasteiger partial charge on any atom is -0.342 e. The Morgan fingerprint density at radius 3 is 2.74 bits per heavy atom. The van der Waals surface area contributed by atoms with Crippen LogP contribution in [0.3, 0.4) is 0 Å². The zero-order valence-electron chi connectivity index (χ0n) is 14.6. The fourth-order valence-corrected chi connectivity index (χ4v) is 2.81. The lowest BCUT2D eigenvalue weighted by Crippen LogP contribution is -2.24. The highest BCUT2D eigenvalue weighted by molar-refractivity contribution is 7.80. The van der Waals surface area contributed by atoms with E-state index >= 15 is 0 Å². The molecule has 0 amide bonds. The Hall–Kier alpha value is -2.70. The van der Waals surface area contributed by atoms with E-state index in [0.717, 1.165) is 22.5 Å². The van der Waals surface area contributed by atoms with E-state index in [-0.39, 0.29) is 5.82 Å². The molecule has 0 aliphatic heterocycles. The SMILES string of the molecule is Cc1ccc(NC(=S)NN=Cc2cccn2Cc2ccc(F)cc2)cc1Cl. The van der Waals surface area contributed by atoms with E-state index in [1.165, 1.54) is 12.1 Å². The number of aryl methyl sites for hydroxylation is 1.